The molecule has 90 valence electrons. The van der Waals surface area contributed by atoms with Crippen molar-refractivity contribution in [1.29, 1.82) is 0 Å². The van der Waals surface area contributed by atoms with Crippen molar-refractivity contribution in [3.05, 3.63) is 18.1 Å². The Balaban J connectivity index is 2.60. The molecule has 0 radical (unpaired) electrons. The van der Waals surface area contributed by atoms with Crippen LogP contribution in [0, 0.1) is 5.41 Å². The van der Waals surface area contributed by atoms with Gasteiger partial charge in [-0.3, -0.25) is 4.79 Å². The summed E-state index contributed by atoms with van der Waals surface area (Å²) in [5.74, 6) is 0.500. The summed E-state index contributed by atoms with van der Waals surface area (Å²) in [6.45, 7) is 5.51. The molecule has 5 nitrogen and oxygen atoms in total. The second-order valence-corrected chi connectivity index (χ2v) is 4.88. The predicted octanol–water partition coefficient (Wildman–Crippen LogP) is 2.20. The van der Waals surface area contributed by atoms with Gasteiger partial charge in [0.15, 0.2) is 0 Å². The van der Waals surface area contributed by atoms with E-state index < -0.39 is 5.41 Å². The number of carbonyl (C=O) groups excluding carboxylic acids is 1. The molecule has 17 heavy (non-hydrogen) atoms. The summed E-state index contributed by atoms with van der Waals surface area (Å²) in [5.41, 5.74) is 0.107. The zero-order valence-corrected chi connectivity index (χ0v) is 10.4. The predicted molar refractivity (Wildman–Crippen MR) is 64.2 cm³/mol. The molecule has 2 aromatic heterocycles. The average molecular weight is 233 g/mol. The van der Waals surface area contributed by atoms with E-state index in [1.807, 2.05) is 26.8 Å². The van der Waals surface area contributed by atoms with E-state index in [4.69, 9.17) is 4.74 Å². The summed E-state index contributed by atoms with van der Waals surface area (Å²) < 4.78 is 5.17. The van der Waals surface area contributed by atoms with Crippen LogP contribution in [0.3, 0.4) is 0 Å². The second kappa shape index (κ2) is 3.84. The summed E-state index contributed by atoms with van der Waals surface area (Å²) in [6, 6.07) is 1.82. The Morgan fingerprint density at radius 2 is 2.06 bits per heavy atom. The second-order valence-electron chi connectivity index (χ2n) is 4.88. The van der Waals surface area contributed by atoms with Crippen LogP contribution in [0.4, 0.5) is 0 Å². The lowest BCUT2D eigenvalue weighted by atomic mass is 9.90. The number of aromatic amines is 1. The number of hydrogen-bond acceptors (Lipinski definition) is 4. The highest BCUT2D eigenvalue weighted by Gasteiger charge is 2.26. The topological polar surface area (TPSA) is 67.9 Å². The first kappa shape index (κ1) is 11.6. The number of fused-ring (bicyclic) bond motifs is 1. The molecule has 0 amide bonds. The Morgan fingerprint density at radius 1 is 1.35 bits per heavy atom. The van der Waals surface area contributed by atoms with Crippen molar-refractivity contribution in [3.63, 3.8) is 0 Å². The zero-order valence-electron chi connectivity index (χ0n) is 10.4. The lowest BCUT2D eigenvalue weighted by Crippen LogP contribution is -2.22. The number of carbonyl (C=O) groups is 1. The van der Waals surface area contributed by atoms with E-state index in [9.17, 15) is 4.79 Å². The molecule has 2 heterocycles. The lowest BCUT2D eigenvalue weighted by molar-refractivity contribution is 0.0846. The van der Waals surface area contributed by atoms with E-state index in [0.717, 1.165) is 5.39 Å². The molecule has 2 rings (SSSR count). The molecular weight excluding hydrogens is 218 g/mol. The van der Waals surface area contributed by atoms with Crippen LogP contribution < -0.4 is 4.74 Å². The quantitative estimate of drug-likeness (QED) is 0.807. The summed E-state index contributed by atoms with van der Waals surface area (Å²) in [7, 11) is 1.53. The van der Waals surface area contributed by atoms with Crippen LogP contribution in [0.2, 0.25) is 0 Å². The minimum atomic E-state index is -0.509. The van der Waals surface area contributed by atoms with E-state index >= 15 is 0 Å². The van der Waals surface area contributed by atoms with Crippen LogP contribution in [0.1, 0.15) is 31.4 Å². The molecule has 0 saturated carbocycles. The molecule has 0 fully saturated rings. The summed E-state index contributed by atoms with van der Waals surface area (Å²) in [6.07, 6.45) is 1.74. The average Bonchev–Trinajstić information content (AvgIpc) is 2.73. The van der Waals surface area contributed by atoms with Gasteiger partial charge in [-0.25, -0.2) is 4.98 Å². The smallest absolute Gasteiger partial charge is 0.226 e. The number of hydrogen-bond donors (Lipinski definition) is 1. The molecule has 0 aliphatic rings. The number of ether oxygens (including phenoxy) is 1. The van der Waals surface area contributed by atoms with Crippen LogP contribution in [-0.2, 0) is 0 Å². The number of nitrogens with zero attached hydrogens (tertiary/aromatic N) is 2. The number of methoxy groups -OCH3 is 1. The Hall–Kier alpha value is -1.91. The molecule has 5 heteroatoms. The van der Waals surface area contributed by atoms with Gasteiger partial charge in [0.2, 0.25) is 17.5 Å². The minimum absolute atomic E-state index is 0.104. The van der Waals surface area contributed by atoms with Crippen molar-refractivity contribution >= 4 is 16.8 Å². The van der Waals surface area contributed by atoms with E-state index in [0.29, 0.717) is 11.5 Å². The molecule has 0 aliphatic carbocycles. The van der Waals surface area contributed by atoms with Crippen molar-refractivity contribution in [3.8, 4) is 5.88 Å². The van der Waals surface area contributed by atoms with Gasteiger partial charge in [-0.2, -0.15) is 4.98 Å². The van der Waals surface area contributed by atoms with Gasteiger partial charge in [-0.05, 0) is 6.07 Å². The van der Waals surface area contributed by atoms with Crippen molar-refractivity contribution in [2.45, 2.75) is 20.8 Å². The monoisotopic (exact) mass is 233 g/mol. The molecule has 0 aliphatic heterocycles. The highest BCUT2D eigenvalue weighted by atomic mass is 16.5. The minimum Gasteiger partial charge on any atom is -0.480 e. The fourth-order valence-electron chi connectivity index (χ4n) is 1.51. The first-order valence-corrected chi connectivity index (χ1v) is 5.37. The summed E-state index contributed by atoms with van der Waals surface area (Å²) in [5, 5.41) is 0.776. The van der Waals surface area contributed by atoms with Crippen molar-refractivity contribution in [2.75, 3.05) is 7.11 Å². The Morgan fingerprint density at radius 3 is 2.65 bits per heavy atom. The molecule has 0 bridgehead atoms. The van der Waals surface area contributed by atoms with Crippen LogP contribution in [0.5, 0.6) is 5.88 Å². The maximum atomic E-state index is 12.1. The SMILES string of the molecule is COc1nc(C(=O)C(C)(C)C)nc2[nH]ccc12. The third-order valence-electron chi connectivity index (χ3n) is 2.46. The third kappa shape index (κ3) is 2.00. The Bertz CT molecular complexity index is 567. The molecule has 0 atom stereocenters. The standard InChI is InChI=1S/C12H15N3O2/c1-12(2,3)8(16)10-14-9-7(5-6-13-9)11(15-10)17-4/h5-6H,1-4H3,(H,13,14,15). The summed E-state index contributed by atoms with van der Waals surface area (Å²) >= 11 is 0. The van der Waals surface area contributed by atoms with Crippen molar-refractivity contribution in [2.24, 2.45) is 5.41 Å². The largest absolute Gasteiger partial charge is 0.480 e. The van der Waals surface area contributed by atoms with Crippen LogP contribution in [0.25, 0.3) is 11.0 Å². The van der Waals surface area contributed by atoms with E-state index in [1.54, 1.807) is 6.20 Å². The number of aromatic nitrogens is 3. The zero-order chi connectivity index (χ0) is 12.6. The van der Waals surface area contributed by atoms with Gasteiger partial charge in [0.1, 0.15) is 5.65 Å². The van der Waals surface area contributed by atoms with Gasteiger partial charge in [0.25, 0.3) is 0 Å². The first-order chi connectivity index (χ1) is 7.93. The third-order valence-corrected chi connectivity index (χ3v) is 2.46. The molecule has 0 aromatic carbocycles. The van der Waals surface area contributed by atoms with Crippen molar-refractivity contribution in [1.82, 2.24) is 15.0 Å². The highest BCUT2D eigenvalue weighted by Crippen LogP contribution is 2.24. The van der Waals surface area contributed by atoms with E-state index in [-0.39, 0.29) is 11.6 Å². The molecule has 0 unspecified atom stereocenters. The fraction of sp³-hybridized carbons (Fsp3) is 0.417. The van der Waals surface area contributed by atoms with Gasteiger partial charge in [0.05, 0.1) is 12.5 Å². The first-order valence-electron chi connectivity index (χ1n) is 5.37. The lowest BCUT2D eigenvalue weighted by Gasteiger charge is -2.15. The van der Waals surface area contributed by atoms with Crippen LogP contribution in [-0.4, -0.2) is 27.8 Å². The van der Waals surface area contributed by atoms with Gasteiger partial charge >= 0.3 is 0 Å². The Labute approximate surface area is 99.2 Å². The highest BCUT2D eigenvalue weighted by molar-refractivity contribution is 5.98. The van der Waals surface area contributed by atoms with Crippen molar-refractivity contribution < 1.29 is 9.53 Å². The number of Topliss-reactive ketones (excluding diaryl/α,β-unsaturated/α-hetero) is 1. The maximum Gasteiger partial charge on any atom is 0.226 e. The number of rotatable bonds is 2. The number of nitrogens with one attached hydrogen (secondary N) is 1. The number of H-pyrrole nitrogens is 1. The van der Waals surface area contributed by atoms with Gasteiger partial charge in [0, 0.05) is 11.6 Å². The fourth-order valence-corrected chi connectivity index (χ4v) is 1.51. The molecule has 1 N–H and O–H groups in total. The van der Waals surface area contributed by atoms with Gasteiger partial charge < -0.3 is 9.72 Å². The summed E-state index contributed by atoms with van der Waals surface area (Å²) in [4.78, 5) is 23.4. The van der Waals surface area contributed by atoms with Gasteiger partial charge in [-0.1, -0.05) is 20.8 Å². The van der Waals surface area contributed by atoms with Gasteiger partial charge in [-0.15, -0.1) is 0 Å². The number of ketones is 1. The normalized spacial score (nSPS) is 11.8. The van der Waals surface area contributed by atoms with E-state index in [1.165, 1.54) is 7.11 Å². The molecule has 0 saturated heterocycles. The Kier molecular flexibility index (Phi) is 2.61. The molecule has 2 aromatic rings. The van der Waals surface area contributed by atoms with E-state index in [2.05, 4.69) is 15.0 Å². The molecule has 0 spiro atoms. The van der Waals surface area contributed by atoms with Crippen LogP contribution >= 0.6 is 0 Å². The van der Waals surface area contributed by atoms with Crippen LogP contribution in [0.15, 0.2) is 12.3 Å². The molecular formula is C12H15N3O2. The maximum absolute atomic E-state index is 12.1.